The molecule has 32 heavy (non-hydrogen) atoms. The zero-order valence-electron chi connectivity index (χ0n) is 18.8. The molecule has 1 saturated heterocycles. The van der Waals surface area contributed by atoms with Gasteiger partial charge in [-0.05, 0) is 62.9 Å². The number of nitrogens with one attached hydrogen (secondary N) is 2. The average Bonchev–Trinajstić information content (AvgIpc) is 3.38. The Morgan fingerprint density at radius 1 is 1.12 bits per heavy atom. The van der Waals surface area contributed by atoms with Crippen molar-refractivity contribution in [3.8, 4) is 5.69 Å². The van der Waals surface area contributed by atoms with Crippen LogP contribution in [0.15, 0.2) is 59.1 Å². The summed E-state index contributed by atoms with van der Waals surface area (Å²) in [4.78, 5) is 15.0. The van der Waals surface area contributed by atoms with E-state index < -0.39 is 0 Å². The summed E-state index contributed by atoms with van der Waals surface area (Å²) in [6, 6.07) is 19.2. The second-order valence-corrected chi connectivity index (χ2v) is 9.40. The first-order chi connectivity index (χ1) is 15.4. The van der Waals surface area contributed by atoms with Crippen LogP contribution < -0.4 is 10.9 Å². The highest BCUT2D eigenvalue weighted by molar-refractivity contribution is 9.10. The van der Waals surface area contributed by atoms with E-state index in [0.717, 1.165) is 47.4 Å². The van der Waals surface area contributed by atoms with E-state index in [1.807, 2.05) is 60.8 Å². The van der Waals surface area contributed by atoms with Crippen molar-refractivity contribution in [1.82, 2.24) is 25.5 Å². The Morgan fingerprint density at radius 2 is 1.84 bits per heavy atom. The molecule has 4 rings (SSSR count). The molecule has 1 aliphatic heterocycles. The Balaban J connectivity index is 1.33. The molecule has 2 atom stereocenters. The fourth-order valence-corrected chi connectivity index (χ4v) is 4.63. The fourth-order valence-electron chi connectivity index (χ4n) is 4.37. The van der Waals surface area contributed by atoms with Crippen LogP contribution in [-0.2, 0) is 0 Å². The summed E-state index contributed by atoms with van der Waals surface area (Å²) in [6.45, 7) is 4.58. The summed E-state index contributed by atoms with van der Waals surface area (Å²) in [5.74, 6) is 0.0306. The normalized spacial score (nSPS) is 18.1. The highest BCUT2D eigenvalue weighted by Gasteiger charge is 2.25. The fraction of sp³-hybridized carbons (Fsp3) is 0.360. The number of halogens is 1. The van der Waals surface area contributed by atoms with Gasteiger partial charge in [-0.25, -0.2) is 4.68 Å². The number of hydrogen-bond acceptors (Lipinski definition) is 4. The van der Waals surface area contributed by atoms with E-state index in [1.165, 1.54) is 5.56 Å². The number of amides is 1. The lowest BCUT2D eigenvalue weighted by molar-refractivity contribution is 0.0790. The van der Waals surface area contributed by atoms with Gasteiger partial charge in [0.1, 0.15) is 0 Å². The second-order valence-electron chi connectivity index (χ2n) is 8.49. The summed E-state index contributed by atoms with van der Waals surface area (Å²) >= 11 is 3.46. The van der Waals surface area contributed by atoms with Crippen LogP contribution in [0.5, 0.6) is 0 Å². The quantitative estimate of drug-likeness (QED) is 0.498. The molecule has 2 unspecified atom stereocenters. The average molecular weight is 496 g/mol. The van der Waals surface area contributed by atoms with Crippen molar-refractivity contribution in [2.45, 2.75) is 45.2 Å². The Hall–Kier alpha value is -2.48. The van der Waals surface area contributed by atoms with Gasteiger partial charge in [-0.3, -0.25) is 15.6 Å². The number of nitrogens with zero attached hydrogens (tertiary/aromatic N) is 3. The van der Waals surface area contributed by atoms with Crippen molar-refractivity contribution in [3.63, 3.8) is 0 Å². The lowest BCUT2D eigenvalue weighted by atomic mass is 10.00. The van der Waals surface area contributed by atoms with Gasteiger partial charge in [-0.15, -0.1) is 0 Å². The van der Waals surface area contributed by atoms with Crippen molar-refractivity contribution < 1.29 is 4.79 Å². The van der Waals surface area contributed by atoms with Crippen molar-refractivity contribution in [1.29, 1.82) is 0 Å². The highest BCUT2D eigenvalue weighted by atomic mass is 79.9. The van der Waals surface area contributed by atoms with Crippen LogP contribution in [0.4, 0.5) is 0 Å². The number of carbonyl (C=O) groups excluding carboxylic acids is 1. The summed E-state index contributed by atoms with van der Waals surface area (Å²) in [7, 11) is 1.88. The van der Waals surface area contributed by atoms with Crippen molar-refractivity contribution in [2.75, 3.05) is 13.6 Å². The number of carbonyl (C=O) groups is 1. The second kappa shape index (κ2) is 9.98. The van der Waals surface area contributed by atoms with Crippen LogP contribution in [0.1, 0.15) is 52.6 Å². The minimum absolute atomic E-state index is 0.0306. The summed E-state index contributed by atoms with van der Waals surface area (Å²) < 4.78 is 2.86. The monoisotopic (exact) mass is 495 g/mol. The molecule has 2 N–H and O–H groups in total. The molecule has 2 aromatic carbocycles. The molecular weight excluding hydrogens is 466 g/mol. The SMILES string of the molecule is Cc1nn(-c2ccc(Br)cc2)c(C)c1C(=O)N(C)CCCC1CC(c2ccccc2)NN1. The van der Waals surface area contributed by atoms with E-state index in [2.05, 4.69) is 56.1 Å². The first kappa shape index (κ1) is 22.7. The van der Waals surface area contributed by atoms with E-state index in [1.54, 1.807) is 0 Å². The molecule has 6 nitrogen and oxygen atoms in total. The molecule has 0 aliphatic carbocycles. The highest BCUT2D eigenvalue weighted by Crippen LogP contribution is 2.24. The number of aryl methyl sites for hydroxylation is 1. The largest absolute Gasteiger partial charge is 0.342 e. The summed E-state index contributed by atoms with van der Waals surface area (Å²) in [5, 5.41) is 4.63. The van der Waals surface area contributed by atoms with Crippen LogP contribution in [0.2, 0.25) is 0 Å². The number of rotatable bonds is 7. The molecule has 1 fully saturated rings. The third-order valence-corrected chi connectivity index (χ3v) is 6.68. The maximum absolute atomic E-state index is 13.2. The van der Waals surface area contributed by atoms with Gasteiger partial charge < -0.3 is 4.90 Å². The predicted octanol–water partition coefficient (Wildman–Crippen LogP) is 4.71. The van der Waals surface area contributed by atoms with Gasteiger partial charge in [-0.2, -0.15) is 5.10 Å². The molecule has 168 valence electrons. The van der Waals surface area contributed by atoms with Gasteiger partial charge in [0.15, 0.2) is 0 Å². The van der Waals surface area contributed by atoms with Crippen LogP contribution in [-0.4, -0.2) is 40.2 Å². The number of hydrazine groups is 1. The van der Waals surface area contributed by atoms with Crippen molar-refractivity contribution in [3.05, 3.63) is 81.6 Å². The minimum atomic E-state index is 0.0306. The Morgan fingerprint density at radius 3 is 2.56 bits per heavy atom. The molecule has 0 radical (unpaired) electrons. The van der Waals surface area contributed by atoms with Gasteiger partial charge in [0.25, 0.3) is 5.91 Å². The molecule has 0 bridgehead atoms. The van der Waals surface area contributed by atoms with Gasteiger partial charge in [-0.1, -0.05) is 46.3 Å². The molecule has 2 heterocycles. The van der Waals surface area contributed by atoms with Crippen LogP contribution in [0.3, 0.4) is 0 Å². The van der Waals surface area contributed by atoms with E-state index in [4.69, 9.17) is 0 Å². The molecule has 1 aliphatic rings. The molecule has 0 saturated carbocycles. The van der Waals surface area contributed by atoms with Gasteiger partial charge in [0.05, 0.1) is 22.6 Å². The number of aromatic nitrogens is 2. The predicted molar refractivity (Wildman–Crippen MR) is 131 cm³/mol. The first-order valence-corrected chi connectivity index (χ1v) is 11.9. The summed E-state index contributed by atoms with van der Waals surface area (Å²) in [5.41, 5.74) is 11.4. The molecular formula is C25H30BrN5O. The molecule has 1 amide bonds. The van der Waals surface area contributed by atoms with Crippen molar-refractivity contribution in [2.24, 2.45) is 0 Å². The zero-order chi connectivity index (χ0) is 22.7. The Kier molecular flexibility index (Phi) is 7.08. The van der Waals surface area contributed by atoms with E-state index in [0.29, 0.717) is 17.6 Å². The minimum Gasteiger partial charge on any atom is -0.342 e. The summed E-state index contributed by atoms with van der Waals surface area (Å²) in [6.07, 6.45) is 3.02. The molecule has 3 aromatic rings. The first-order valence-electron chi connectivity index (χ1n) is 11.1. The van der Waals surface area contributed by atoms with Gasteiger partial charge in [0.2, 0.25) is 0 Å². The maximum atomic E-state index is 13.2. The molecule has 0 spiro atoms. The van der Waals surface area contributed by atoms with E-state index >= 15 is 0 Å². The van der Waals surface area contributed by atoms with Crippen LogP contribution >= 0.6 is 15.9 Å². The number of hydrogen-bond donors (Lipinski definition) is 2. The third kappa shape index (κ3) is 4.95. The Bertz CT molecular complexity index is 1060. The van der Waals surface area contributed by atoms with E-state index in [-0.39, 0.29) is 5.91 Å². The van der Waals surface area contributed by atoms with E-state index in [9.17, 15) is 4.79 Å². The lowest BCUT2D eigenvalue weighted by Crippen LogP contribution is -2.32. The maximum Gasteiger partial charge on any atom is 0.257 e. The van der Waals surface area contributed by atoms with Gasteiger partial charge >= 0.3 is 0 Å². The zero-order valence-corrected chi connectivity index (χ0v) is 20.4. The third-order valence-electron chi connectivity index (χ3n) is 6.15. The molecule has 7 heteroatoms. The van der Waals surface area contributed by atoms with Gasteiger partial charge in [0, 0.05) is 30.1 Å². The lowest BCUT2D eigenvalue weighted by Gasteiger charge is -2.18. The van der Waals surface area contributed by atoms with Crippen LogP contribution in [0, 0.1) is 13.8 Å². The number of benzene rings is 2. The topological polar surface area (TPSA) is 62.2 Å². The Labute approximate surface area is 198 Å². The van der Waals surface area contributed by atoms with Crippen molar-refractivity contribution >= 4 is 21.8 Å². The standard InChI is InChI=1S/C25H30BrN5O/c1-17-24(18(2)31(29-17)22-13-11-20(26)12-14-22)25(32)30(3)15-7-10-21-16-23(28-27-21)19-8-5-4-6-9-19/h4-6,8-9,11-14,21,23,27-28H,7,10,15-16H2,1-3H3. The smallest absolute Gasteiger partial charge is 0.257 e. The molecule has 1 aromatic heterocycles. The van der Waals surface area contributed by atoms with Crippen LogP contribution in [0.25, 0.3) is 5.69 Å².